The molecule has 4 nitrogen and oxygen atoms in total. The van der Waals surface area contributed by atoms with E-state index in [1.165, 1.54) is 10.5 Å². The lowest BCUT2D eigenvalue weighted by molar-refractivity contribution is -0.137. The SMILES string of the molecule is NC1(Cc2nnc3ccc(C(F)(F)F)cn23)CCCC1. The van der Waals surface area contributed by atoms with Gasteiger partial charge in [-0.3, -0.25) is 4.40 Å². The van der Waals surface area contributed by atoms with Crippen LogP contribution in [0, 0.1) is 0 Å². The topological polar surface area (TPSA) is 56.2 Å². The first-order chi connectivity index (χ1) is 9.37. The molecule has 3 rings (SSSR count). The molecule has 0 saturated heterocycles. The van der Waals surface area contributed by atoms with Crippen LogP contribution in [0.5, 0.6) is 0 Å². The van der Waals surface area contributed by atoms with Crippen LogP contribution in [0.2, 0.25) is 0 Å². The Morgan fingerprint density at radius 1 is 1.20 bits per heavy atom. The summed E-state index contributed by atoms with van der Waals surface area (Å²) in [7, 11) is 0. The van der Waals surface area contributed by atoms with Gasteiger partial charge in [0.15, 0.2) is 5.65 Å². The van der Waals surface area contributed by atoms with Gasteiger partial charge in [0.1, 0.15) is 5.82 Å². The number of fused-ring (bicyclic) bond motifs is 1. The number of nitrogens with two attached hydrogens (primary N) is 1. The van der Waals surface area contributed by atoms with Crippen molar-refractivity contribution in [3.8, 4) is 0 Å². The van der Waals surface area contributed by atoms with Crippen molar-refractivity contribution in [2.24, 2.45) is 5.73 Å². The maximum atomic E-state index is 12.8. The van der Waals surface area contributed by atoms with Crippen molar-refractivity contribution in [1.82, 2.24) is 14.6 Å². The minimum Gasteiger partial charge on any atom is -0.325 e. The minimum absolute atomic E-state index is 0.364. The Hall–Kier alpha value is -1.63. The highest BCUT2D eigenvalue weighted by Crippen LogP contribution is 2.32. The normalized spacial score (nSPS) is 18.8. The van der Waals surface area contributed by atoms with Crippen LogP contribution >= 0.6 is 0 Å². The number of pyridine rings is 1. The summed E-state index contributed by atoms with van der Waals surface area (Å²) in [6, 6.07) is 2.35. The Morgan fingerprint density at radius 3 is 2.55 bits per heavy atom. The predicted molar refractivity (Wildman–Crippen MR) is 67.1 cm³/mol. The molecule has 2 heterocycles. The fraction of sp³-hybridized carbons (Fsp3) is 0.538. The first-order valence-corrected chi connectivity index (χ1v) is 6.57. The second-order valence-electron chi connectivity index (χ2n) is 5.51. The van der Waals surface area contributed by atoms with Crippen LogP contribution in [-0.2, 0) is 12.6 Å². The van der Waals surface area contributed by atoms with Gasteiger partial charge in [-0.15, -0.1) is 10.2 Å². The maximum Gasteiger partial charge on any atom is 0.417 e. The van der Waals surface area contributed by atoms with E-state index in [-0.39, 0.29) is 5.54 Å². The molecule has 0 bridgehead atoms. The standard InChI is InChI=1S/C13H15F3N4/c14-13(15,16)9-3-4-10-18-19-11(20(10)8-9)7-12(17)5-1-2-6-12/h3-4,8H,1-2,5-7,17H2. The van der Waals surface area contributed by atoms with Gasteiger partial charge in [-0.05, 0) is 25.0 Å². The minimum atomic E-state index is -4.37. The van der Waals surface area contributed by atoms with Crippen LogP contribution in [0.15, 0.2) is 18.3 Å². The largest absolute Gasteiger partial charge is 0.417 e. The lowest BCUT2D eigenvalue weighted by Gasteiger charge is -2.22. The summed E-state index contributed by atoms with van der Waals surface area (Å²) in [5, 5.41) is 7.90. The number of alkyl halides is 3. The molecular weight excluding hydrogens is 269 g/mol. The number of aromatic nitrogens is 3. The molecule has 0 spiro atoms. The van der Waals surface area contributed by atoms with Crippen LogP contribution in [0.25, 0.3) is 5.65 Å². The van der Waals surface area contributed by atoms with Gasteiger partial charge >= 0.3 is 6.18 Å². The zero-order chi connectivity index (χ0) is 14.4. The predicted octanol–water partition coefficient (Wildman–Crippen LogP) is 2.56. The van der Waals surface area contributed by atoms with E-state index in [0.717, 1.165) is 37.9 Å². The van der Waals surface area contributed by atoms with Gasteiger partial charge in [-0.2, -0.15) is 13.2 Å². The Bertz CT molecular complexity index is 626. The van der Waals surface area contributed by atoms with Gasteiger partial charge in [-0.1, -0.05) is 12.8 Å². The fourth-order valence-electron chi connectivity index (χ4n) is 2.80. The molecule has 0 aromatic carbocycles. The van der Waals surface area contributed by atoms with Crippen LogP contribution in [0.1, 0.15) is 37.1 Å². The molecule has 2 N–H and O–H groups in total. The summed E-state index contributed by atoms with van der Waals surface area (Å²) < 4.78 is 39.7. The molecule has 0 atom stereocenters. The van der Waals surface area contributed by atoms with Gasteiger partial charge in [0, 0.05) is 18.2 Å². The highest BCUT2D eigenvalue weighted by molar-refractivity contribution is 5.40. The molecule has 7 heteroatoms. The Morgan fingerprint density at radius 2 is 1.90 bits per heavy atom. The number of halogens is 3. The molecule has 0 radical (unpaired) electrons. The maximum absolute atomic E-state index is 12.8. The Kier molecular flexibility index (Phi) is 2.97. The van der Waals surface area contributed by atoms with E-state index in [1.807, 2.05) is 0 Å². The third kappa shape index (κ3) is 2.37. The Balaban J connectivity index is 1.99. The number of hydrogen-bond acceptors (Lipinski definition) is 3. The molecule has 2 aromatic rings. The van der Waals surface area contributed by atoms with Crippen molar-refractivity contribution in [3.63, 3.8) is 0 Å². The van der Waals surface area contributed by atoms with Gasteiger partial charge in [0.25, 0.3) is 0 Å². The summed E-state index contributed by atoms with van der Waals surface area (Å²) in [4.78, 5) is 0. The van der Waals surface area contributed by atoms with Crippen molar-refractivity contribution in [1.29, 1.82) is 0 Å². The van der Waals surface area contributed by atoms with Gasteiger partial charge in [0.2, 0.25) is 0 Å². The summed E-state index contributed by atoms with van der Waals surface area (Å²) in [5.41, 5.74) is 5.60. The second kappa shape index (κ2) is 4.44. The van der Waals surface area contributed by atoms with E-state index in [0.29, 0.717) is 17.9 Å². The quantitative estimate of drug-likeness (QED) is 0.922. The number of nitrogens with zero attached hydrogens (tertiary/aromatic N) is 3. The van der Waals surface area contributed by atoms with Crippen LogP contribution in [0.3, 0.4) is 0 Å². The highest BCUT2D eigenvalue weighted by Gasteiger charge is 2.33. The first-order valence-electron chi connectivity index (χ1n) is 6.57. The molecule has 1 aliphatic carbocycles. The zero-order valence-electron chi connectivity index (χ0n) is 10.8. The van der Waals surface area contributed by atoms with Crippen molar-refractivity contribution >= 4 is 5.65 Å². The monoisotopic (exact) mass is 284 g/mol. The molecule has 1 aliphatic rings. The molecule has 0 amide bonds. The van der Waals surface area contributed by atoms with Crippen molar-refractivity contribution in [2.45, 2.75) is 43.8 Å². The third-order valence-corrected chi connectivity index (χ3v) is 3.91. The van der Waals surface area contributed by atoms with E-state index in [2.05, 4.69) is 10.2 Å². The van der Waals surface area contributed by atoms with Crippen LogP contribution < -0.4 is 5.73 Å². The Labute approximate surface area is 113 Å². The van der Waals surface area contributed by atoms with E-state index >= 15 is 0 Å². The van der Waals surface area contributed by atoms with Crippen molar-refractivity contribution in [3.05, 3.63) is 29.7 Å². The summed E-state index contributed by atoms with van der Waals surface area (Å²) in [6.07, 6.45) is 0.992. The average Bonchev–Trinajstić information content (AvgIpc) is 2.96. The molecule has 1 fully saturated rings. The first kappa shape index (κ1) is 13.4. The molecule has 108 valence electrons. The van der Waals surface area contributed by atoms with Crippen molar-refractivity contribution in [2.75, 3.05) is 0 Å². The van der Waals surface area contributed by atoms with Crippen LogP contribution in [0.4, 0.5) is 13.2 Å². The fourth-order valence-corrected chi connectivity index (χ4v) is 2.80. The molecule has 1 saturated carbocycles. The molecule has 0 aliphatic heterocycles. The van der Waals surface area contributed by atoms with E-state index in [9.17, 15) is 13.2 Å². The van der Waals surface area contributed by atoms with Gasteiger partial charge < -0.3 is 5.73 Å². The second-order valence-corrected chi connectivity index (χ2v) is 5.51. The zero-order valence-corrected chi connectivity index (χ0v) is 10.8. The average molecular weight is 284 g/mol. The summed E-state index contributed by atoms with van der Waals surface area (Å²) in [5.74, 6) is 0.496. The third-order valence-electron chi connectivity index (χ3n) is 3.91. The van der Waals surface area contributed by atoms with Gasteiger partial charge in [0.05, 0.1) is 5.56 Å². The number of rotatable bonds is 2. The molecule has 20 heavy (non-hydrogen) atoms. The van der Waals surface area contributed by atoms with Gasteiger partial charge in [-0.25, -0.2) is 0 Å². The summed E-state index contributed by atoms with van der Waals surface area (Å²) in [6.45, 7) is 0. The highest BCUT2D eigenvalue weighted by atomic mass is 19.4. The lowest BCUT2D eigenvalue weighted by atomic mass is 9.94. The van der Waals surface area contributed by atoms with E-state index < -0.39 is 11.7 Å². The van der Waals surface area contributed by atoms with E-state index in [1.54, 1.807) is 0 Å². The van der Waals surface area contributed by atoms with E-state index in [4.69, 9.17) is 5.73 Å². The van der Waals surface area contributed by atoms with Crippen LogP contribution in [-0.4, -0.2) is 20.1 Å². The van der Waals surface area contributed by atoms with Crippen molar-refractivity contribution < 1.29 is 13.2 Å². The molecule has 2 aromatic heterocycles. The lowest BCUT2D eigenvalue weighted by Crippen LogP contribution is -2.39. The summed E-state index contributed by atoms with van der Waals surface area (Å²) >= 11 is 0. The smallest absolute Gasteiger partial charge is 0.325 e. The molecular formula is C13H15F3N4. The number of hydrogen-bond donors (Lipinski definition) is 1. The molecule has 0 unspecified atom stereocenters.